The molecular weight excluding hydrogens is 278 g/mol. The standard InChI is InChI=1S/C13H22BrN3/c1-9-6-4-5-7-13(9,15)8-11-12(14)10(2)16-17(11)3/h9H,4-8,15H2,1-3H3. The SMILES string of the molecule is Cc1nn(C)c(CC2(N)CCCCC2C)c1Br. The van der Waals surface area contributed by atoms with Gasteiger partial charge in [0, 0.05) is 19.0 Å². The van der Waals surface area contributed by atoms with E-state index in [1.54, 1.807) is 0 Å². The number of aryl methyl sites for hydroxylation is 2. The lowest BCUT2D eigenvalue weighted by molar-refractivity contribution is 0.200. The maximum Gasteiger partial charge on any atom is 0.0738 e. The molecule has 0 bridgehead atoms. The van der Waals surface area contributed by atoms with Crippen LogP contribution in [-0.2, 0) is 13.5 Å². The van der Waals surface area contributed by atoms with Crippen LogP contribution < -0.4 is 5.73 Å². The van der Waals surface area contributed by atoms with Crippen LogP contribution in [0.5, 0.6) is 0 Å². The molecule has 0 radical (unpaired) electrons. The summed E-state index contributed by atoms with van der Waals surface area (Å²) in [5, 5.41) is 4.45. The lowest BCUT2D eigenvalue weighted by Gasteiger charge is -2.39. The summed E-state index contributed by atoms with van der Waals surface area (Å²) in [5.41, 5.74) is 8.85. The minimum Gasteiger partial charge on any atom is -0.325 e. The molecule has 2 N–H and O–H groups in total. The zero-order chi connectivity index (χ0) is 12.6. The van der Waals surface area contributed by atoms with Crippen molar-refractivity contribution in [1.82, 2.24) is 9.78 Å². The van der Waals surface area contributed by atoms with Crippen molar-refractivity contribution in [3.63, 3.8) is 0 Å². The molecule has 2 unspecified atom stereocenters. The molecule has 2 atom stereocenters. The average molecular weight is 300 g/mol. The minimum atomic E-state index is -0.0546. The summed E-state index contributed by atoms with van der Waals surface area (Å²) in [6.45, 7) is 4.32. The van der Waals surface area contributed by atoms with Crippen LogP contribution in [0.15, 0.2) is 4.47 Å². The van der Waals surface area contributed by atoms with Crippen LogP contribution in [0.4, 0.5) is 0 Å². The van der Waals surface area contributed by atoms with E-state index in [4.69, 9.17) is 5.73 Å². The quantitative estimate of drug-likeness (QED) is 0.912. The first-order chi connectivity index (χ1) is 7.94. The predicted molar refractivity (Wildman–Crippen MR) is 73.9 cm³/mol. The summed E-state index contributed by atoms with van der Waals surface area (Å²) >= 11 is 3.63. The number of hydrogen-bond acceptors (Lipinski definition) is 2. The van der Waals surface area contributed by atoms with Crippen molar-refractivity contribution < 1.29 is 0 Å². The average Bonchev–Trinajstić information content (AvgIpc) is 2.50. The van der Waals surface area contributed by atoms with Crippen LogP contribution in [0.1, 0.15) is 44.0 Å². The van der Waals surface area contributed by atoms with Crippen LogP contribution in [0, 0.1) is 12.8 Å². The molecule has 4 heteroatoms. The van der Waals surface area contributed by atoms with Crippen molar-refractivity contribution in [2.24, 2.45) is 18.7 Å². The first kappa shape index (κ1) is 13.1. The van der Waals surface area contributed by atoms with Crippen molar-refractivity contribution in [3.8, 4) is 0 Å². The molecule has 0 aromatic carbocycles. The Balaban J connectivity index is 2.24. The molecule has 1 saturated carbocycles. The molecule has 96 valence electrons. The Morgan fingerprint density at radius 2 is 2.24 bits per heavy atom. The highest BCUT2D eigenvalue weighted by Gasteiger charge is 2.35. The van der Waals surface area contributed by atoms with E-state index in [0.717, 1.165) is 23.0 Å². The fraction of sp³-hybridized carbons (Fsp3) is 0.769. The Hall–Kier alpha value is -0.350. The molecule has 0 saturated heterocycles. The first-order valence-electron chi connectivity index (χ1n) is 6.41. The Morgan fingerprint density at radius 3 is 2.76 bits per heavy atom. The van der Waals surface area contributed by atoms with Crippen molar-refractivity contribution in [3.05, 3.63) is 15.9 Å². The molecule has 0 aliphatic heterocycles. The lowest BCUT2D eigenvalue weighted by atomic mass is 9.72. The van der Waals surface area contributed by atoms with E-state index < -0.39 is 0 Å². The fourth-order valence-electron chi connectivity index (χ4n) is 2.89. The molecule has 1 aliphatic carbocycles. The maximum absolute atomic E-state index is 6.62. The Kier molecular flexibility index (Phi) is 3.64. The second-order valence-corrected chi connectivity index (χ2v) is 6.32. The van der Waals surface area contributed by atoms with Gasteiger partial charge in [0.2, 0.25) is 0 Å². The maximum atomic E-state index is 6.62. The summed E-state index contributed by atoms with van der Waals surface area (Å²) in [6, 6.07) is 0. The van der Waals surface area contributed by atoms with Gasteiger partial charge >= 0.3 is 0 Å². The summed E-state index contributed by atoms with van der Waals surface area (Å²) in [5.74, 6) is 0.596. The monoisotopic (exact) mass is 299 g/mol. The van der Waals surface area contributed by atoms with Crippen LogP contribution in [0.2, 0.25) is 0 Å². The number of nitrogens with zero attached hydrogens (tertiary/aromatic N) is 2. The Morgan fingerprint density at radius 1 is 1.53 bits per heavy atom. The molecule has 3 nitrogen and oxygen atoms in total. The predicted octanol–water partition coefficient (Wildman–Crippen LogP) is 2.94. The molecule has 0 spiro atoms. The van der Waals surface area contributed by atoms with Crippen LogP contribution in [-0.4, -0.2) is 15.3 Å². The van der Waals surface area contributed by atoms with Gasteiger partial charge in [-0.05, 0) is 41.6 Å². The molecule has 1 aromatic rings. The molecule has 1 aromatic heterocycles. The second-order valence-electron chi connectivity index (χ2n) is 5.53. The normalized spacial score (nSPS) is 29.6. The van der Waals surface area contributed by atoms with Crippen LogP contribution >= 0.6 is 15.9 Å². The van der Waals surface area contributed by atoms with Gasteiger partial charge in [0.15, 0.2) is 0 Å². The number of hydrogen-bond donors (Lipinski definition) is 1. The smallest absolute Gasteiger partial charge is 0.0738 e. The highest BCUT2D eigenvalue weighted by molar-refractivity contribution is 9.10. The van der Waals surface area contributed by atoms with E-state index in [1.807, 2.05) is 18.7 Å². The molecule has 1 aliphatic rings. The van der Waals surface area contributed by atoms with Gasteiger partial charge in [0.1, 0.15) is 0 Å². The minimum absolute atomic E-state index is 0.0546. The van der Waals surface area contributed by atoms with E-state index in [1.165, 1.54) is 25.0 Å². The van der Waals surface area contributed by atoms with Gasteiger partial charge in [-0.15, -0.1) is 0 Å². The van der Waals surface area contributed by atoms with E-state index in [2.05, 4.69) is 28.0 Å². The number of aromatic nitrogens is 2. The summed E-state index contributed by atoms with van der Waals surface area (Å²) < 4.78 is 3.10. The van der Waals surface area contributed by atoms with Crippen molar-refractivity contribution >= 4 is 15.9 Å². The van der Waals surface area contributed by atoms with Crippen molar-refractivity contribution in [2.45, 2.75) is 51.5 Å². The van der Waals surface area contributed by atoms with E-state index in [0.29, 0.717) is 5.92 Å². The van der Waals surface area contributed by atoms with Gasteiger partial charge in [-0.3, -0.25) is 4.68 Å². The highest BCUT2D eigenvalue weighted by atomic mass is 79.9. The van der Waals surface area contributed by atoms with Gasteiger partial charge in [-0.1, -0.05) is 19.8 Å². The summed E-state index contributed by atoms with van der Waals surface area (Å²) in [6.07, 6.45) is 5.89. The van der Waals surface area contributed by atoms with Crippen molar-refractivity contribution in [2.75, 3.05) is 0 Å². The zero-order valence-corrected chi connectivity index (χ0v) is 12.5. The topological polar surface area (TPSA) is 43.8 Å². The number of halogens is 1. The molecule has 17 heavy (non-hydrogen) atoms. The largest absolute Gasteiger partial charge is 0.325 e. The second kappa shape index (κ2) is 4.73. The molecule has 0 amide bonds. The number of rotatable bonds is 2. The summed E-state index contributed by atoms with van der Waals surface area (Å²) in [4.78, 5) is 0. The Bertz CT molecular complexity index is 413. The van der Waals surface area contributed by atoms with E-state index >= 15 is 0 Å². The fourth-order valence-corrected chi connectivity index (χ4v) is 3.36. The van der Waals surface area contributed by atoms with Gasteiger partial charge in [-0.2, -0.15) is 5.10 Å². The van der Waals surface area contributed by atoms with Gasteiger partial charge in [-0.25, -0.2) is 0 Å². The van der Waals surface area contributed by atoms with Gasteiger partial charge in [0.05, 0.1) is 15.9 Å². The third-order valence-corrected chi connectivity index (χ3v) is 5.30. The van der Waals surface area contributed by atoms with E-state index in [-0.39, 0.29) is 5.54 Å². The third kappa shape index (κ3) is 2.43. The molecule has 2 rings (SSSR count). The molecule has 1 fully saturated rings. The first-order valence-corrected chi connectivity index (χ1v) is 7.20. The van der Waals surface area contributed by atoms with Crippen molar-refractivity contribution in [1.29, 1.82) is 0 Å². The molecular formula is C13H22BrN3. The van der Waals surface area contributed by atoms with Crippen LogP contribution in [0.3, 0.4) is 0 Å². The van der Waals surface area contributed by atoms with E-state index in [9.17, 15) is 0 Å². The van der Waals surface area contributed by atoms with Crippen LogP contribution in [0.25, 0.3) is 0 Å². The lowest BCUT2D eigenvalue weighted by Crippen LogP contribution is -2.50. The molecule has 1 heterocycles. The van der Waals surface area contributed by atoms with Gasteiger partial charge in [0.25, 0.3) is 0 Å². The highest BCUT2D eigenvalue weighted by Crippen LogP contribution is 2.35. The third-order valence-electron chi connectivity index (χ3n) is 4.27. The Labute approximate surface area is 112 Å². The number of nitrogens with two attached hydrogens (primary N) is 1. The zero-order valence-electron chi connectivity index (χ0n) is 11.0. The van der Waals surface area contributed by atoms with Gasteiger partial charge < -0.3 is 5.73 Å². The summed E-state index contributed by atoms with van der Waals surface area (Å²) in [7, 11) is 2.00.